The van der Waals surface area contributed by atoms with Crippen LogP contribution in [-0.4, -0.2) is 25.5 Å². The van der Waals surface area contributed by atoms with E-state index in [1.54, 1.807) is 24.3 Å². The van der Waals surface area contributed by atoms with Gasteiger partial charge in [-0.3, -0.25) is 25.1 Å². The molecule has 0 fully saturated rings. The molecule has 0 unspecified atom stereocenters. The number of halogens is 1. The number of anilines is 3. The molecule has 0 atom stereocenters. The number of hydrazone groups is 1. The first-order valence-electron chi connectivity index (χ1n) is 9.37. The maximum atomic E-state index is 12.9. The lowest BCUT2D eigenvalue weighted by Crippen LogP contribution is -2.15. The predicted octanol–water partition coefficient (Wildman–Crippen LogP) is 4.45. The number of nitro groups is 1. The van der Waals surface area contributed by atoms with Crippen molar-refractivity contribution >= 4 is 56.5 Å². The Balaban J connectivity index is 1.85. The molecule has 3 aromatic rings. The Morgan fingerprint density at radius 3 is 2.27 bits per heavy atom. The van der Waals surface area contributed by atoms with E-state index in [0.29, 0.717) is 16.3 Å². The molecular formula is C21H18ClN5O5S. The Bertz CT molecular complexity index is 1310. The molecule has 3 N–H and O–H groups in total. The minimum absolute atomic E-state index is 0.0354. The van der Waals surface area contributed by atoms with Gasteiger partial charge in [0.15, 0.2) is 0 Å². The van der Waals surface area contributed by atoms with Gasteiger partial charge in [-0.2, -0.15) is 5.10 Å². The van der Waals surface area contributed by atoms with E-state index in [0.717, 1.165) is 6.07 Å². The largest absolute Gasteiger partial charge is 0.326 e. The molecule has 0 aromatic heterocycles. The molecule has 3 aromatic carbocycles. The minimum atomic E-state index is -4.20. The van der Waals surface area contributed by atoms with Gasteiger partial charge in [0.25, 0.3) is 15.7 Å². The third-order valence-corrected chi connectivity index (χ3v) is 5.86. The number of hydrogen-bond acceptors (Lipinski definition) is 7. The van der Waals surface area contributed by atoms with Crippen LogP contribution < -0.4 is 15.5 Å². The Morgan fingerprint density at radius 1 is 1.03 bits per heavy atom. The van der Waals surface area contributed by atoms with Crippen molar-refractivity contribution in [1.29, 1.82) is 0 Å². The van der Waals surface area contributed by atoms with Gasteiger partial charge in [0.05, 0.1) is 16.8 Å². The number of hydrogen-bond donors (Lipinski definition) is 3. The Morgan fingerprint density at radius 2 is 1.67 bits per heavy atom. The van der Waals surface area contributed by atoms with Gasteiger partial charge in [-0.25, -0.2) is 8.42 Å². The topological polar surface area (TPSA) is 143 Å². The number of nitrogens with zero attached hydrogens (tertiary/aromatic N) is 2. The Labute approximate surface area is 194 Å². The van der Waals surface area contributed by atoms with Gasteiger partial charge >= 0.3 is 0 Å². The van der Waals surface area contributed by atoms with Crippen LogP contribution in [0.4, 0.5) is 22.7 Å². The standard InChI is InChI=1S/C21H18ClN5O5S/c1-14(28)24-17-6-2-15(3-7-17)13-23-25-20-11-10-19(27(29)30)12-21(20)33(31,32)26-18-8-4-16(22)5-9-18/h2-13,25-26H,1H3,(H,24,28)/b23-13+. The quantitative estimate of drug-likeness (QED) is 0.243. The molecule has 0 aliphatic rings. The van der Waals surface area contributed by atoms with Crippen molar-refractivity contribution in [2.45, 2.75) is 11.8 Å². The second kappa shape index (κ2) is 10.1. The number of rotatable bonds is 8. The highest BCUT2D eigenvalue weighted by Crippen LogP contribution is 2.28. The van der Waals surface area contributed by atoms with Crippen molar-refractivity contribution in [2.75, 3.05) is 15.5 Å². The zero-order valence-corrected chi connectivity index (χ0v) is 18.7. The maximum absolute atomic E-state index is 12.9. The number of carbonyl (C=O) groups excluding carboxylic acids is 1. The second-order valence-electron chi connectivity index (χ2n) is 6.72. The molecule has 170 valence electrons. The summed E-state index contributed by atoms with van der Waals surface area (Å²) < 4.78 is 28.3. The van der Waals surface area contributed by atoms with E-state index in [4.69, 9.17) is 11.6 Å². The first-order valence-corrected chi connectivity index (χ1v) is 11.2. The molecule has 0 spiro atoms. The van der Waals surface area contributed by atoms with Crippen LogP contribution in [-0.2, 0) is 14.8 Å². The first-order chi connectivity index (χ1) is 15.6. The lowest BCUT2D eigenvalue weighted by molar-refractivity contribution is -0.385. The van der Waals surface area contributed by atoms with Crippen molar-refractivity contribution in [3.8, 4) is 0 Å². The summed E-state index contributed by atoms with van der Waals surface area (Å²) in [5, 5.41) is 18.3. The number of non-ortho nitro benzene ring substituents is 1. The maximum Gasteiger partial charge on any atom is 0.270 e. The summed E-state index contributed by atoms with van der Waals surface area (Å²) in [4.78, 5) is 21.2. The highest BCUT2D eigenvalue weighted by Gasteiger charge is 2.22. The lowest BCUT2D eigenvalue weighted by Gasteiger charge is -2.12. The molecule has 12 heteroatoms. The van der Waals surface area contributed by atoms with Gasteiger partial charge in [0.1, 0.15) is 4.90 Å². The van der Waals surface area contributed by atoms with E-state index < -0.39 is 20.6 Å². The summed E-state index contributed by atoms with van der Waals surface area (Å²) in [6.07, 6.45) is 1.43. The van der Waals surface area contributed by atoms with Crippen molar-refractivity contribution < 1.29 is 18.1 Å². The van der Waals surface area contributed by atoms with Crippen LogP contribution in [0, 0.1) is 10.1 Å². The van der Waals surface area contributed by atoms with Crippen LogP contribution in [0.1, 0.15) is 12.5 Å². The van der Waals surface area contributed by atoms with Gasteiger partial charge in [0.2, 0.25) is 5.91 Å². The molecule has 0 saturated heterocycles. The van der Waals surface area contributed by atoms with Gasteiger partial charge in [-0.05, 0) is 48.0 Å². The molecule has 0 bridgehead atoms. The SMILES string of the molecule is CC(=O)Nc1ccc(/C=N/Nc2ccc([N+](=O)[O-])cc2S(=O)(=O)Nc2ccc(Cl)cc2)cc1. The molecule has 0 heterocycles. The third kappa shape index (κ3) is 6.51. The monoisotopic (exact) mass is 487 g/mol. The molecule has 0 radical (unpaired) electrons. The summed E-state index contributed by atoms with van der Waals surface area (Å²) in [6.45, 7) is 1.40. The number of benzene rings is 3. The van der Waals surface area contributed by atoms with Crippen LogP contribution in [0.3, 0.4) is 0 Å². The zero-order chi connectivity index (χ0) is 24.0. The highest BCUT2D eigenvalue weighted by atomic mass is 35.5. The Hall–Kier alpha value is -3.96. The first kappa shape index (κ1) is 23.7. The molecule has 1 amide bonds. The fourth-order valence-corrected chi connectivity index (χ4v) is 4.06. The van der Waals surface area contributed by atoms with Crippen molar-refractivity contribution in [3.05, 3.63) is 87.4 Å². The van der Waals surface area contributed by atoms with Gasteiger partial charge in [0, 0.05) is 35.5 Å². The summed E-state index contributed by atoms with van der Waals surface area (Å²) >= 11 is 5.82. The van der Waals surface area contributed by atoms with Crippen molar-refractivity contribution in [3.63, 3.8) is 0 Å². The van der Waals surface area contributed by atoms with Crippen molar-refractivity contribution in [1.82, 2.24) is 0 Å². The molecular weight excluding hydrogens is 470 g/mol. The number of sulfonamides is 1. The summed E-state index contributed by atoms with van der Waals surface area (Å²) in [7, 11) is -4.20. The summed E-state index contributed by atoms with van der Waals surface area (Å²) in [5.74, 6) is -0.197. The third-order valence-electron chi connectivity index (χ3n) is 4.19. The van der Waals surface area contributed by atoms with Crippen LogP contribution in [0.15, 0.2) is 76.7 Å². The van der Waals surface area contributed by atoms with E-state index in [1.807, 2.05) is 0 Å². The normalized spacial score (nSPS) is 11.2. The molecule has 0 aliphatic carbocycles. The van der Waals surface area contributed by atoms with Crippen LogP contribution in [0.5, 0.6) is 0 Å². The second-order valence-corrected chi connectivity index (χ2v) is 8.81. The fourth-order valence-electron chi connectivity index (χ4n) is 2.70. The molecule has 10 nitrogen and oxygen atoms in total. The molecule has 0 aliphatic heterocycles. The zero-order valence-electron chi connectivity index (χ0n) is 17.2. The van der Waals surface area contributed by atoms with E-state index in [-0.39, 0.29) is 22.2 Å². The van der Waals surface area contributed by atoms with Gasteiger partial charge in [-0.1, -0.05) is 23.7 Å². The average molecular weight is 488 g/mol. The fraction of sp³-hybridized carbons (Fsp3) is 0.0476. The van der Waals surface area contributed by atoms with E-state index in [1.165, 1.54) is 49.5 Å². The molecule has 0 saturated carbocycles. The van der Waals surface area contributed by atoms with E-state index in [9.17, 15) is 23.3 Å². The van der Waals surface area contributed by atoms with Gasteiger partial charge < -0.3 is 5.32 Å². The number of nitro benzene ring substituents is 1. The Kier molecular flexibility index (Phi) is 7.26. The number of nitrogens with one attached hydrogen (secondary N) is 3. The minimum Gasteiger partial charge on any atom is -0.326 e. The number of amides is 1. The smallest absolute Gasteiger partial charge is 0.270 e. The highest BCUT2D eigenvalue weighted by molar-refractivity contribution is 7.92. The van der Waals surface area contributed by atoms with Crippen LogP contribution in [0.2, 0.25) is 5.02 Å². The molecule has 33 heavy (non-hydrogen) atoms. The van der Waals surface area contributed by atoms with Gasteiger partial charge in [-0.15, -0.1) is 0 Å². The number of carbonyl (C=O) groups is 1. The molecule has 3 rings (SSSR count). The predicted molar refractivity (Wildman–Crippen MR) is 127 cm³/mol. The van der Waals surface area contributed by atoms with Crippen LogP contribution >= 0.6 is 11.6 Å². The summed E-state index contributed by atoms with van der Waals surface area (Å²) in [5.41, 5.74) is 3.77. The summed E-state index contributed by atoms with van der Waals surface area (Å²) in [6, 6.07) is 16.1. The van der Waals surface area contributed by atoms with E-state index >= 15 is 0 Å². The lowest BCUT2D eigenvalue weighted by atomic mass is 10.2. The van der Waals surface area contributed by atoms with Crippen molar-refractivity contribution in [2.24, 2.45) is 5.10 Å². The average Bonchev–Trinajstić information content (AvgIpc) is 2.76. The van der Waals surface area contributed by atoms with Crippen LogP contribution in [0.25, 0.3) is 0 Å². The van der Waals surface area contributed by atoms with E-state index in [2.05, 4.69) is 20.6 Å².